The first kappa shape index (κ1) is 19.4. The van der Waals surface area contributed by atoms with Crippen LogP contribution in [0, 0.1) is 13.8 Å². The summed E-state index contributed by atoms with van der Waals surface area (Å²) in [4.78, 5) is 11.7. The predicted molar refractivity (Wildman–Crippen MR) is 105 cm³/mol. The number of carbonyl (C=O) groups excluding carboxylic acids is 1. The van der Waals surface area contributed by atoms with Gasteiger partial charge < -0.3 is 9.47 Å². The highest BCUT2D eigenvalue weighted by atomic mass is 32.2. The Morgan fingerprint density at radius 2 is 1.72 bits per heavy atom. The van der Waals surface area contributed by atoms with E-state index in [9.17, 15) is 4.79 Å². The number of carbonyl (C=O) groups is 1. The van der Waals surface area contributed by atoms with Gasteiger partial charge in [-0.25, -0.2) is 4.79 Å². The molecule has 0 aliphatic heterocycles. The SMILES string of the molecule is CCc1cc(C)c(OCc2c(CC)cccc2OC(=O)SC)cc1C. The fraction of sp³-hybridized carbons (Fsp3) is 0.381. The van der Waals surface area contributed by atoms with Crippen molar-refractivity contribution < 1.29 is 14.3 Å². The van der Waals surface area contributed by atoms with Crippen LogP contribution in [0.3, 0.4) is 0 Å². The van der Waals surface area contributed by atoms with Gasteiger partial charge in [0.1, 0.15) is 18.1 Å². The molecule has 134 valence electrons. The Morgan fingerprint density at radius 3 is 2.36 bits per heavy atom. The van der Waals surface area contributed by atoms with Crippen molar-refractivity contribution in [3.05, 3.63) is 58.1 Å². The maximum absolute atomic E-state index is 11.7. The predicted octanol–water partition coefficient (Wildman–Crippen LogP) is 5.87. The summed E-state index contributed by atoms with van der Waals surface area (Å²) in [7, 11) is 0. The van der Waals surface area contributed by atoms with Gasteiger partial charge in [0, 0.05) is 5.56 Å². The van der Waals surface area contributed by atoms with Gasteiger partial charge in [0.15, 0.2) is 0 Å². The van der Waals surface area contributed by atoms with Crippen LogP contribution in [0.2, 0.25) is 0 Å². The second-order valence-corrected chi connectivity index (χ2v) is 6.73. The Bertz CT molecular complexity index is 753. The smallest absolute Gasteiger partial charge is 0.372 e. The highest BCUT2D eigenvalue weighted by molar-refractivity contribution is 8.12. The van der Waals surface area contributed by atoms with Gasteiger partial charge in [0.05, 0.1) is 0 Å². The molecule has 0 spiro atoms. The largest absolute Gasteiger partial charge is 0.488 e. The molecule has 0 atom stereocenters. The van der Waals surface area contributed by atoms with Crippen molar-refractivity contribution in [2.75, 3.05) is 6.26 Å². The Balaban J connectivity index is 2.28. The highest BCUT2D eigenvalue weighted by Gasteiger charge is 2.14. The lowest BCUT2D eigenvalue weighted by atomic mass is 10.0. The average molecular weight is 359 g/mol. The third kappa shape index (κ3) is 4.79. The lowest BCUT2D eigenvalue weighted by Crippen LogP contribution is -2.07. The van der Waals surface area contributed by atoms with Gasteiger partial charge >= 0.3 is 5.30 Å². The van der Waals surface area contributed by atoms with E-state index in [-0.39, 0.29) is 5.30 Å². The Kier molecular flexibility index (Phi) is 6.94. The average Bonchev–Trinajstić information content (AvgIpc) is 2.62. The van der Waals surface area contributed by atoms with Crippen LogP contribution in [-0.4, -0.2) is 11.6 Å². The first-order valence-corrected chi connectivity index (χ1v) is 9.82. The van der Waals surface area contributed by atoms with E-state index in [0.717, 1.165) is 47.0 Å². The van der Waals surface area contributed by atoms with Gasteiger partial charge in [-0.2, -0.15) is 0 Å². The van der Waals surface area contributed by atoms with Crippen LogP contribution >= 0.6 is 11.8 Å². The van der Waals surface area contributed by atoms with Crippen LogP contribution in [0.4, 0.5) is 4.79 Å². The van der Waals surface area contributed by atoms with E-state index >= 15 is 0 Å². The second kappa shape index (κ2) is 8.95. The zero-order valence-corrected chi connectivity index (χ0v) is 16.5. The molecular formula is C21H26O3S. The summed E-state index contributed by atoms with van der Waals surface area (Å²) in [6, 6.07) is 10.1. The maximum atomic E-state index is 11.7. The summed E-state index contributed by atoms with van der Waals surface area (Å²) in [5, 5.41) is -0.311. The lowest BCUT2D eigenvalue weighted by molar-refractivity contribution is 0.225. The fourth-order valence-corrected chi connectivity index (χ4v) is 3.04. The Morgan fingerprint density at radius 1 is 1.00 bits per heavy atom. The van der Waals surface area contributed by atoms with Crippen molar-refractivity contribution in [3.63, 3.8) is 0 Å². The summed E-state index contributed by atoms with van der Waals surface area (Å²) in [5.74, 6) is 1.46. The van der Waals surface area contributed by atoms with Crippen molar-refractivity contribution in [2.24, 2.45) is 0 Å². The normalized spacial score (nSPS) is 10.6. The number of aryl methyl sites for hydroxylation is 4. The van der Waals surface area contributed by atoms with E-state index in [4.69, 9.17) is 9.47 Å². The Hall–Kier alpha value is -1.94. The molecule has 0 aromatic heterocycles. The molecule has 0 radical (unpaired) electrons. The number of benzene rings is 2. The van der Waals surface area contributed by atoms with Gasteiger partial charge in [0.2, 0.25) is 0 Å². The summed E-state index contributed by atoms with van der Waals surface area (Å²) < 4.78 is 11.6. The number of thioether (sulfide) groups is 1. The minimum absolute atomic E-state index is 0.311. The molecule has 0 unspecified atom stereocenters. The molecule has 0 aliphatic rings. The zero-order chi connectivity index (χ0) is 18.4. The summed E-state index contributed by atoms with van der Waals surface area (Å²) in [6.07, 6.45) is 3.58. The van der Waals surface area contributed by atoms with E-state index in [1.54, 1.807) is 6.26 Å². The lowest BCUT2D eigenvalue weighted by Gasteiger charge is -2.16. The zero-order valence-electron chi connectivity index (χ0n) is 15.6. The first-order valence-electron chi connectivity index (χ1n) is 8.59. The maximum Gasteiger partial charge on any atom is 0.372 e. The molecular weight excluding hydrogens is 332 g/mol. The summed E-state index contributed by atoms with van der Waals surface area (Å²) >= 11 is 1.06. The Labute approximate surface area is 154 Å². The van der Waals surface area contributed by atoms with Crippen LogP contribution in [0.25, 0.3) is 0 Å². The van der Waals surface area contributed by atoms with Gasteiger partial charge in [-0.15, -0.1) is 0 Å². The van der Waals surface area contributed by atoms with E-state index in [1.165, 1.54) is 11.1 Å². The van der Waals surface area contributed by atoms with Gasteiger partial charge in [0.25, 0.3) is 0 Å². The number of hydrogen-bond acceptors (Lipinski definition) is 4. The number of ether oxygens (including phenoxy) is 2. The van der Waals surface area contributed by atoms with Crippen molar-refractivity contribution in [1.82, 2.24) is 0 Å². The number of hydrogen-bond donors (Lipinski definition) is 0. The van der Waals surface area contributed by atoms with Gasteiger partial charge in [-0.05, 0) is 79.1 Å². The van der Waals surface area contributed by atoms with Crippen LogP contribution in [0.5, 0.6) is 11.5 Å². The van der Waals surface area contributed by atoms with E-state index in [1.807, 2.05) is 18.2 Å². The highest BCUT2D eigenvalue weighted by Crippen LogP contribution is 2.29. The molecule has 0 aliphatic carbocycles. The van der Waals surface area contributed by atoms with Crippen LogP contribution in [0.1, 0.15) is 41.7 Å². The monoisotopic (exact) mass is 358 g/mol. The molecule has 0 N–H and O–H groups in total. The molecule has 3 nitrogen and oxygen atoms in total. The standard InChI is InChI=1S/C21H26O3S/c1-6-16-9-8-10-19(24-21(22)25-5)18(16)13-23-20-12-14(3)17(7-2)11-15(20)4/h8-12H,6-7,13H2,1-5H3. The molecule has 0 amide bonds. The van der Waals surface area contributed by atoms with Crippen LogP contribution in [-0.2, 0) is 19.4 Å². The molecule has 0 saturated carbocycles. The van der Waals surface area contributed by atoms with Gasteiger partial charge in [-0.1, -0.05) is 32.0 Å². The summed E-state index contributed by atoms with van der Waals surface area (Å²) in [6.45, 7) is 8.80. The summed E-state index contributed by atoms with van der Waals surface area (Å²) in [5.41, 5.74) is 5.77. The molecule has 0 bridgehead atoms. The minimum Gasteiger partial charge on any atom is -0.488 e. The second-order valence-electron chi connectivity index (χ2n) is 5.99. The van der Waals surface area contributed by atoms with Crippen LogP contribution < -0.4 is 9.47 Å². The van der Waals surface area contributed by atoms with Crippen molar-refractivity contribution in [1.29, 1.82) is 0 Å². The van der Waals surface area contributed by atoms with Crippen molar-refractivity contribution in [3.8, 4) is 11.5 Å². The van der Waals surface area contributed by atoms with E-state index in [2.05, 4.69) is 39.8 Å². The van der Waals surface area contributed by atoms with E-state index in [0.29, 0.717) is 12.4 Å². The van der Waals surface area contributed by atoms with E-state index < -0.39 is 0 Å². The molecule has 0 fully saturated rings. The molecule has 2 rings (SSSR count). The first-order chi connectivity index (χ1) is 12.0. The fourth-order valence-electron chi connectivity index (χ4n) is 2.87. The number of rotatable bonds is 6. The quantitative estimate of drug-likeness (QED) is 0.605. The van der Waals surface area contributed by atoms with Crippen molar-refractivity contribution >= 4 is 17.1 Å². The topological polar surface area (TPSA) is 35.5 Å². The van der Waals surface area contributed by atoms with Crippen molar-refractivity contribution in [2.45, 2.75) is 47.1 Å². The molecule has 25 heavy (non-hydrogen) atoms. The minimum atomic E-state index is -0.311. The molecule has 4 heteroatoms. The third-order valence-electron chi connectivity index (χ3n) is 4.36. The molecule has 0 heterocycles. The molecule has 0 saturated heterocycles. The third-order valence-corrected chi connectivity index (χ3v) is 4.77. The van der Waals surface area contributed by atoms with Crippen LogP contribution in [0.15, 0.2) is 30.3 Å². The van der Waals surface area contributed by atoms with Gasteiger partial charge in [-0.3, -0.25) is 0 Å². The molecule has 2 aromatic carbocycles. The molecule has 2 aromatic rings.